The number of fused-ring (bicyclic) bond motifs is 2. The average molecular weight is 925 g/mol. The number of aromatic nitrogens is 2. The third-order valence-corrected chi connectivity index (χ3v) is 14.5. The van der Waals surface area contributed by atoms with Gasteiger partial charge < -0.3 is 34.5 Å². The van der Waals surface area contributed by atoms with E-state index in [1.54, 1.807) is 12.3 Å². The fraction of sp³-hybridized carbons (Fsp3) is 0.404. The lowest BCUT2D eigenvalue weighted by molar-refractivity contribution is -0.384. The Bertz CT molecular complexity index is 2750. The summed E-state index contributed by atoms with van der Waals surface area (Å²) in [7, 11) is -2.61. The number of nitrogens with one attached hydrogen (secondary N) is 3. The molecular weight excluding hydrogens is 870 g/mol. The van der Waals surface area contributed by atoms with Crippen LogP contribution < -0.4 is 24.6 Å². The van der Waals surface area contributed by atoms with Crippen molar-refractivity contribution in [3.63, 3.8) is 0 Å². The number of likely N-dealkylation sites (N-methyl/N-ethyl adjacent to an activating group) is 1. The SMILES string of the molecule is CN1CCO[C@H](CNc2ccc(S(=O)(=O)NC(=O)c3ccc(N4CCN(CC5=C(c6ccc(Cl)cc6)CC(C)(C)CC5)CC4)cc3N3CCOc4nc5[nH]ccc5cc43)cc2[N+](=O)[O-])C1. The molecule has 1 amide bonds. The van der Waals surface area contributed by atoms with Gasteiger partial charge in [-0.3, -0.25) is 19.8 Å². The van der Waals surface area contributed by atoms with Crippen molar-refractivity contribution in [2.75, 3.05) is 94.3 Å². The molecule has 4 aliphatic rings. The van der Waals surface area contributed by atoms with E-state index in [9.17, 15) is 23.3 Å². The quantitative estimate of drug-likeness (QED) is 0.0840. The topological polar surface area (TPSA) is 179 Å². The molecule has 9 rings (SSSR count). The number of ether oxygens (including phenoxy) is 2. The smallest absolute Gasteiger partial charge is 0.293 e. The zero-order chi connectivity index (χ0) is 45.5. The van der Waals surface area contributed by atoms with Crippen molar-refractivity contribution in [2.45, 2.75) is 44.1 Å². The summed E-state index contributed by atoms with van der Waals surface area (Å²) in [6.07, 6.45) is 4.79. The molecule has 342 valence electrons. The number of anilines is 4. The largest absolute Gasteiger partial charge is 0.474 e. The molecule has 3 aromatic carbocycles. The molecule has 18 heteroatoms. The van der Waals surface area contributed by atoms with Crippen LogP contribution in [-0.4, -0.2) is 124 Å². The summed E-state index contributed by atoms with van der Waals surface area (Å²) in [5, 5.41) is 16.8. The van der Waals surface area contributed by atoms with E-state index in [2.05, 4.69) is 55.7 Å². The van der Waals surface area contributed by atoms with Gasteiger partial charge in [-0.25, -0.2) is 13.1 Å². The van der Waals surface area contributed by atoms with Gasteiger partial charge in [0.15, 0.2) is 0 Å². The second-order valence-electron chi connectivity index (χ2n) is 18.1. The average Bonchev–Trinajstić information content (AvgIpc) is 3.75. The number of piperazine rings is 1. The molecule has 5 heterocycles. The summed E-state index contributed by atoms with van der Waals surface area (Å²) in [4.78, 5) is 42.1. The maximum absolute atomic E-state index is 14.3. The van der Waals surface area contributed by atoms with Gasteiger partial charge in [0.05, 0.1) is 40.3 Å². The van der Waals surface area contributed by atoms with Crippen molar-refractivity contribution >= 4 is 72.6 Å². The highest BCUT2D eigenvalue weighted by atomic mass is 35.5. The van der Waals surface area contributed by atoms with E-state index in [1.165, 1.54) is 28.8 Å². The number of hydrogen-bond donors (Lipinski definition) is 3. The van der Waals surface area contributed by atoms with E-state index < -0.39 is 31.4 Å². The predicted octanol–water partition coefficient (Wildman–Crippen LogP) is 7.30. The Morgan fingerprint density at radius 1 is 0.985 bits per heavy atom. The first-order chi connectivity index (χ1) is 31.2. The van der Waals surface area contributed by atoms with Gasteiger partial charge in [0.2, 0.25) is 5.88 Å². The van der Waals surface area contributed by atoms with Crippen molar-refractivity contribution in [1.82, 2.24) is 24.5 Å². The minimum Gasteiger partial charge on any atom is -0.474 e. The Morgan fingerprint density at radius 2 is 1.78 bits per heavy atom. The lowest BCUT2D eigenvalue weighted by Gasteiger charge is -2.39. The summed E-state index contributed by atoms with van der Waals surface area (Å²) >= 11 is 6.27. The number of nitro benzene ring substituents is 1. The van der Waals surface area contributed by atoms with Crippen molar-refractivity contribution in [3.8, 4) is 5.88 Å². The van der Waals surface area contributed by atoms with Gasteiger partial charge in [0, 0.05) is 80.7 Å². The van der Waals surface area contributed by atoms with Gasteiger partial charge in [-0.2, -0.15) is 4.98 Å². The third-order valence-electron chi connectivity index (χ3n) is 12.9. The number of aromatic amines is 1. The molecule has 0 spiro atoms. The van der Waals surface area contributed by atoms with E-state index in [0.29, 0.717) is 49.1 Å². The molecule has 65 heavy (non-hydrogen) atoms. The molecule has 2 aromatic heterocycles. The van der Waals surface area contributed by atoms with Crippen LogP contribution in [0.1, 0.15) is 49.0 Å². The number of morpholine rings is 1. The molecule has 16 nitrogen and oxygen atoms in total. The molecule has 2 saturated heterocycles. The number of carbonyl (C=O) groups is 1. The van der Waals surface area contributed by atoms with Crippen LogP contribution in [-0.2, 0) is 14.8 Å². The third kappa shape index (κ3) is 9.80. The van der Waals surface area contributed by atoms with Crippen LogP contribution in [0.4, 0.5) is 28.4 Å². The van der Waals surface area contributed by atoms with E-state index in [1.807, 2.05) is 48.3 Å². The minimum atomic E-state index is -4.58. The zero-order valence-corrected chi connectivity index (χ0v) is 38.4. The van der Waals surface area contributed by atoms with Crippen molar-refractivity contribution in [2.24, 2.45) is 5.41 Å². The highest BCUT2D eigenvalue weighted by Crippen LogP contribution is 2.44. The Hall–Kier alpha value is -5.72. The highest BCUT2D eigenvalue weighted by molar-refractivity contribution is 7.90. The number of sulfonamides is 1. The van der Waals surface area contributed by atoms with Crippen LogP contribution >= 0.6 is 11.6 Å². The molecule has 0 unspecified atom stereocenters. The fourth-order valence-electron chi connectivity index (χ4n) is 9.32. The number of carbonyl (C=O) groups excluding carboxylic acids is 1. The maximum Gasteiger partial charge on any atom is 0.293 e. The van der Waals surface area contributed by atoms with Crippen molar-refractivity contribution in [3.05, 3.63) is 111 Å². The second-order valence-corrected chi connectivity index (χ2v) is 20.2. The first-order valence-corrected chi connectivity index (χ1v) is 23.9. The molecule has 0 bridgehead atoms. The van der Waals surface area contributed by atoms with Gasteiger partial charge in [0.1, 0.15) is 23.6 Å². The molecule has 0 saturated carbocycles. The summed E-state index contributed by atoms with van der Waals surface area (Å²) in [5.41, 5.74) is 6.79. The predicted molar refractivity (Wildman–Crippen MR) is 253 cm³/mol. The van der Waals surface area contributed by atoms with Gasteiger partial charge in [-0.05, 0) is 97.5 Å². The number of allylic oxidation sites excluding steroid dienone is 1. The van der Waals surface area contributed by atoms with Crippen LogP contribution in [0.15, 0.2) is 89.5 Å². The Kier molecular flexibility index (Phi) is 12.5. The van der Waals surface area contributed by atoms with Crippen LogP contribution in [0, 0.1) is 15.5 Å². The monoisotopic (exact) mass is 923 g/mol. The molecule has 2 fully saturated rings. The van der Waals surface area contributed by atoms with E-state index in [0.717, 1.165) is 80.7 Å². The summed E-state index contributed by atoms with van der Waals surface area (Å²) < 4.78 is 41.8. The molecule has 0 radical (unpaired) electrons. The number of rotatable bonds is 12. The van der Waals surface area contributed by atoms with Crippen LogP contribution in [0.5, 0.6) is 5.88 Å². The first-order valence-electron chi connectivity index (χ1n) is 22.1. The van der Waals surface area contributed by atoms with E-state index in [-0.39, 0.29) is 29.4 Å². The van der Waals surface area contributed by atoms with Crippen LogP contribution in [0.2, 0.25) is 5.02 Å². The maximum atomic E-state index is 14.3. The lowest BCUT2D eigenvalue weighted by Crippen LogP contribution is -2.47. The summed E-state index contributed by atoms with van der Waals surface area (Å²) in [5.74, 6) is -0.505. The first kappa shape index (κ1) is 44.5. The number of benzene rings is 3. The molecule has 1 atom stereocenters. The van der Waals surface area contributed by atoms with Gasteiger partial charge in [0.25, 0.3) is 21.6 Å². The Morgan fingerprint density at radius 3 is 2.55 bits per heavy atom. The number of H-pyrrole nitrogens is 1. The normalized spacial score (nSPS) is 19.5. The number of nitrogens with zero attached hydrogens (tertiary/aromatic N) is 6. The number of pyridine rings is 1. The minimum absolute atomic E-state index is 0.102. The summed E-state index contributed by atoms with van der Waals surface area (Å²) in [6, 6.07) is 21.0. The van der Waals surface area contributed by atoms with Crippen LogP contribution in [0.3, 0.4) is 0 Å². The number of nitro groups is 1. The van der Waals surface area contributed by atoms with Crippen molar-refractivity contribution in [1.29, 1.82) is 0 Å². The highest BCUT2D eigenvalue weighted by Gasteiger charge is 2.32. The molecule has 3 N–H and O–H groups in total. The number of halogens is 1. The van der Waals surface area contributed by atoms with E-state index >= 15 is 0 Å². The van der Waals surface area contributed by atoms with Crippen LogP contribution in [0.25, 0.3) is 16.6 Å². The molecule has 3 aliphatic heterocycles. The Balaban J connectivity index is 0.971. The fourth-order valence-corrected chi connectivity index (χ4v) is 10.4. The van der Waals surface area contributed by atoms with Crippen molar-refractivity contribution < 1.29 is 27.6 Å². The Labute approximate surface area is 383 Å². The van der Waals surface area contributed by atoms with E-state index in [4.69, 9.17) is 26.1 Å². The second kappa shape index (κ2) is 18.3. The summed E-state index contributed by atoms with van der Waals surface area (Å²) in [6.45, 7) is 11.6. The van der Waals surface area contributed by atoms with Gasteiger partial charge in [-0.15, -0.1) is 0 Å². The number of amides is 1. The molecular formula is C47H54ClN9O7S. The van der Waals surface area contributed by atoms with Gasteiger partial charge in [-0.1, -0.05) is 43.2 Å². The standard InChI is InChI=1S/C47H54ClN9O7S/c1-47(2)14-12-33(39(27-47)31-4-6-34(48)7-5-31)29-54-16-18-55(19-17-54)35-8-10-38(41(25-35)56-21-23-64-46-43(56)24-32-13-15-49-44(32)51-46)45(58)52-65(61,62)37-9-11-40(42(26-37)57(59)60)50-28-36-30-53(3)20-22-63-36/h4-11,13,15,24-26,36,50H,12,14,16-23,27-30H2,1-3H3,(H,49,51)(H,52,58)/t36-/m1/s1. The lowest BCUT2D eigenvalue weighted by atomic mass is 9.72. The van der Waals surface area contributed by atoms with Gasteiger partial charge >= 0.3 is 0 Å². The molecule has 1 aliphatic carbocycles. The molecule has 5 aromatic rings. The zero-order valence-electron chi connectivity index (χ0n) is 36.8. The number of hydrogen-bond acceptors (Lipinski definition) is 13.